The smallest absolute Gasteiger partial charge is 0.332 e. The number of hydrogen-bond acceptors (Lipinski definition) is 11. The van der Waals surface area contributed by atoms with E-state index in [0.29, 0.717) is 44.9 Å². The van der Waals surface area contributed by atoms with E-state index in [1.54, 1.807) is 0 Å². The van der Waals surface area contributed by atoms with Gasteiger partial charge in [-0.1, -0.05) is 12.1 Å². The molecule has 2 amide bonds. The third-order valence-electron chi connectivity index (χ3n) is 13.0. The third-order valence-corrected chi connectivity index (χ3v) is 15.9. The number of likely N-dealkylation sites (tertiary alicyclic amines) is 2. The third kappa shape index (κ3) is 8.32. The number of sulfonamides is 2. The van der Waals surface area contributed by atoms with E-state index in [9.17, 15) is 21.6 Å². The first-order chi connectivity index (χ1) is 27.0. The number of anilines is 1. The normalized spacial score (nSPS) is 24.3. The Kier molecular flexibility index (Phi) is 11.7. The van der Waals surface area contributed by atoms with Crippen LogP contribution in [0.15, 0.2) is 12.1 Å². The molecule has 2 atom stereocenters. The minimum Gasteiger partial charge on any atom is -0.387 e. The molecule has 14 nitrogen and oxygen atoms in total. The largest absolute Gasteiger partial charge is 0.387 e. The van der Waals surface area contributed by atoms with Crippen molar-refractivity contribution >= 4 is 31.8 Å². The highest BCUT2D eigenvalue weighted by Gasteiger charge is 2.42. The molecule has 0 saturated carbocycles. The molecular formula is C40H54N6O8S2. The summed E-state index contributed by atoms with van der Waals surface area (Å²) in [5.74, 6) is 0.903. The Morgan fingerprint density at radius 3 is 1.59 bits per heavy atom. The predicted octanol–water partition coefficient (Wildman–Crippen LogP) is 2.86. The lowest BCUT2D eigenvalue weighted by Gasteiger charge is -2.41. The summed E-state index contributed by atoms with van der Waals surface area (Å²) in [6, 6.07) is 4.74. The van der Waals surface area contributed by atoms with Crippen LogP contribution in [0.2, 0.25) is 0 Å². The van der Waals surface area contributed by atoms with Gasteiger partial charge in [0.15, 0.2) is 0 Å². The molecule has 2 aromatic rings. The molecule has 0 spiro atoms. The lowest BCUT2D eigenvalue weighted by Crippen LogP contribution is -2.61. The number of primary sulfonamides is 1. The van der Waals surface area contributed by atoms with E-state index in [0.717, 1.165) is 108 Å². The van der Waals surface area contributed by atoms with Crippen molar-refractivity contribution in [3.63, 3.8) is 0 Å². The summed E-state index contributed by atoms with van der Waals surface area (Å²) >= 11 is 0. The molecule has 4 aliphatic carbocycles. The molecule has 16 heteroatoms. The topological polar surface area (TPSA) is 193 Å². The Bertz CT molecular complexity index is 2020. The van der Waals surface area contributed by atoms with Crippen molar-refractivity contribution in [2.24, 2.45) is 5.14 Å². The summed E-state index contributed by atoms with van der Waals surface area (Å²) in [6.07, 6.45) is 16.9. The van der Waals surface area contributed by atoms with Gasteiger partial charge in [0.2, 0.25) is 20.0 Å². The number of urea groups is 1. The van der Waals surface area contributed by atoms with Crippen molar-refractivity contribution in [2.75, 3.05) is 57.9 Å². The zero-order valence-corrected chi connectivity index (χ0v) is 33.7. The molecule has 4 aliphatic heterocycles. The van der Waals surface area contributed by atoms with Crippen LogP contribution < -0.4 is 19.9 Å². The average Bonchev–Trinajstić information content (AvgIpc) is 3.94. The van der Waals surface area contributed by atoms with Crippen molar-refractivity contribution < 1.29 is 35.8 Å². The Balaban J connectivity index is 0.000000132. The maximum absolute atomic E-state index is 12.6. The predicted molar refractivity (Wildman–Crippen MR) is 211 cm³/mol. The Morgan fingerprint density at radius 1 is 0.714 bits per heavy atom. The Morgan fingerprint density at radius 2 is 1.16 bits per heavy atom. The second-order valence-electron chi connectivity index (χ2n) is 16.5. The maximum Gasteiger partial charge on any atom is 0.332 e. The molecule has 8 aliphatic rings. The molecule has 2 unspecified atom stereocenters. The molecule has 4 fully saturated rings. The molecule has 0 radical (unpaired) electrons. The van der Waals surface area contributed by atoms with Crippen molar-refractivity contribution in [1.82, 2.24) is 14.5 Å². The number of ether oxygens (including phenoxy) is 3. The number of fused-ring (bicyclic) bond motifs is 4. The van der Waals surface area contributed by atoms with Crippen molar-refractivity contribution in [3.05, 3.63) is 56.6 Å². The molecule has 56 heavy (non-hydrogen) atoms. The van der Waals surface area contributed by atoms with Gasteiger partial charge in [-0.2, -0.15) is 0 Å². The molecule has 0 bridgehead atoms. The Hall–Kier alpha value is -3.30. The van der Waals surface area contributed by atoms with E-state index < -0.39 is 31.3 Å². The monoisotopic (exact) mass is 810 g/mol. The summed E-state index contributed by atoms with van der Waals surface area (Å²) in [5, 5.41) is 15.7. The highest BCUT2D eigenvalue weighted by molar-refractivity contribution is 7.90. The van der Waals surface area contributed by atoms with E-state index in [1.165, 1.54) is 57.3 Å². The first-order valence-corrected chi connectivity index (χ1v) is 23.5. The van der Waals surface area contributed by atoms with Gasteiger partial charge in [0.05, 0.1) is 13.2 Å². The zero-order valence-electron chi connectivity index (χ0n) is 32.0. The molecule has 0 aromatic heterocycles. The lowest BCUT2D eigenvalue weighted by atomic mass is 9.99. The summed E-state index contributed by atoms with van der Waals surface area (Å²) in [7, 11) is -6.99. The molecule has 10 rings (SSSR count). The Labute approximate surface area is 330 Å². The van der Waals surface area contributed by atoms with E-state index in [4.69, 9.17) is 24.6 Å². The minimum atomic E-state index is -3.68. The summed E-state index contributed by atoms with van der Waals surface area (Å²) in [6.45, 7) is 5.02. The van der Waals surface area contributed by atoms with E-state index in [2.05, 4.69) is 32.0 Å². The lowest BCUT2D eigenvalue weighted by molar-refractivity contribution is 0.0998. The van der Waals surface area contributed by atoms with Crippen LogP contribution in [0.25, 0.3) is 0 Å². The number of carbonyl (C=O) groups is 1. The number of hydrogen-bond donors (Lipinski definition) is 3. The first kappa shape index (κ1) is 39.5. The van der Waals surface area contributed by atoms with E-state index in [1.807, 2.05) is 6.26 Å². The second kappa shape index (κ2) is 16.5. The standard InChI is InChI=1S/C20H27N3O4S.C13H13NO.C7H14N2O3S/c24-20(22-28(25,26)16-10-23(11-16)15-7-8-27-12-15)21-19-17-5-1-3-13(17)9-14-4-2-6-18(14)19;14-8-15-13-11-5-1-3-9(11)7-10-4-2-6-12(10)13;8-13(10,11)7-3-9(4-7)6-1-2-12-5-6/h9,15-16H,1-8,10-12H2,(H2,21,22,24);7H,1-6H2;6-7H,1-5H2,(H2,8,10,11). The van der Waals surface area contributed by atoms with Crippen LogP contribution >= 0.6 is 0 Å². The van der Waals surface area contributed by atoms with Gasteiger partial charge in [-0.15, -0.1) is 5.26 Å². The van der Waals surface area contributed by atoms with Gasteiger partial charge in [0, 0.05) is 57.2 Å². The van der Waals surface area contributed by atoms with Gasteiger partial charge < -0.3 is 19.5 Å². The van der Waals surface area contributed by atoms with Crippen LogP contribution in [0, 0.1) is 11.5 Å². The van der Waals surface area contributed by atoms with Crippen LogP contribution in [0.4, 0.5) is 10.5 Å². The fourth-order valence-corrected chi connectivity index (χ4v) is 11.9. The van der Waals surface area contributed by atoms with Crippen molar-refractivity contribution in [1.29, 1.82) is 5.26 Å². The SMILES string of the molecule is N#COc1c2c(cc3c1CCC3)CCC2.NS(=O)(=O)C1CN(C2CCOC2)C1.O=C(Nc1c2c(cc3c1CCC3)CCC2)NS(=O)(=O)C1CN(C2CCOC2)C1. The van der Waals surface area contributed by atoms with E-state index >= 15 is 0 Å². The van der Waals surface area contributed by atoms with Crippen LogP contribution in [-0.2, 0) is 80.9 Å². The number of rotatable bonds is 7. The van der Waals surface area contributed by atoms with Crippen LogP contribution in [0.1, 0.15) is 83.0 Å². The molecule has 4 N–H and O–H groups in total. The maximum atomic E-state index is 12.6. The molecule has 2 aromatic carbocycles. The number of amides is 2. The molecule has 4 saturated heterocycles. The van der Waals surface area contributed by atoms with Crippen LogP contribution in [0.5, 0.6) is 5.75 Å². The number of aryl methyl sites for hydroxylation is 4. The fraction of sp³-hybridized carbons (Fsp3) is 0.650. The van der Waals surface area contributed by atoms with Gasteiger partial charge in [-0.3, -0.25) is 9.80 Å². The number of nitrogens with one attached hydrogen (secondary N) is 2. The van der Waals surface area contributed by atoms with Crippen LogP contribution in [-0.4, -0.2) is 108 Å². The van der Waals surface area contributed by atoms with Gasteiger partial charge in [0.25, 0.3) is 6.26 Å². The first-order valence-electron chi connectivity index (χ1n) is 20.3. The van der Waals surface area contributed by atoms with Gasteiger partial charge in [-0.05, 0) is 134 Å². The quantitative estimate of drug-likeness (QED) is 0.349. The highest BCUT2D eigenvalue weighted by Crippen LogP contribution is 2.41. The van der Waals surface area contributed by atoms with Crippen molar-refractivity contribution in [2.45, 2.75) is 112 Å². The van der Waals surface area contributed by atoms with Crippen molar-refractivity contribution in [3.8, 4) is 12.0 Å². The molecular weight excluding hydrogens is 757 g/mol. The van der Waals surface area contributed by atoms with E-state index in [-0.39, 0.29) is 5.25 Å². The number of carbonyl (C=O) groups excluding carboxylic acids is 1. The number of benzene rings is 2. The summed E-state index contributed by atoms with van der Waals surface area (Å²) in [4.78, 5) is 16.8. The fourth-order valence-electron chi connectivity index (χ4n) is 9.81. The highest BCUT2D eigenvalue weighted by atomic mass is 32.2. The van der Waals surface area contributed by atoms with Crippen LogP contribution in [0.3, 0.4) is 0 Å². The molecule has 304 valence electrons. The van der Waals surface area contributed by atoms with Gasteiger partial charge >= 0.3 is 6.03 Å². The summed E-state index contributed by atoms with van der Waals surface area (Å²) in [5.41, 5.74) is 11.3. The number of nitrogens with zero attached hydrogens (tertiary/aromatic N) is 3. The number of nitriles is 1. The molecule has 4 heterocycles. The second-order valence-corrected chi connectivity index (χ2v) is 20.3. The summed E-state index contributed by atoms with van der Waals surface area (Å²) < 4.78 is 65.1. The van der Waals surface area contributed by atoms with Gasteiger partial charge in [0.1, 0.15) is 16.2 Å². The minimum absolute atomic E-state index is 0.315. The number of nitrogens with two attached hydrogens (primary N) is 1. The zero-order chi connectivity index (χ0) is 39.0. The van der Waals surface area contributed by atoms with Gasteiger partial charge in [-0.25, -0.2) is 31.5 Å². The average molecular weight is 811 g/mol.